The summed E-state index contributed by atoms with van der Waals surface area (Å²) in [5.41, 5.74) is -0.0676. The van der Waals surface area contributed by atoms with E-state index in [-0.39, 0.29) is 34.1 Å². The van der Waals surface area contributed by atoms with Gasteiger partial charge in [-0.1, -0.05) is 26.8 Å². The van der Waals surface area contributed by atoms with Crippen LogP contribution in [0, 0.1) is 5.41 Å². The lowest BCUT2D eigenvalue weighted by Crippen LogP contribution is -2.37. The number of thioether (sulfide) groups is 1. The van der Waals surface area contributed by atoms with Crippen LogP contribution in [0.4, 0.5) is 0 Å². The molecule has 1 amide bonds. The van der Waals surface area contributed by atoms with Crippen molar-refractivity contribution < 1.29 is 13.2 Å². The van der Waals surface area contributed by atoms with Crippen molar-refractivity contribution in [3.63, 3.8) is 0 Å². The van der Waals surface area contributed by atoms with E-state index in [2.05, 4.69) is 26.1 Å². The largest absolute Gasteiger partial charge is 0.347 e. The summed E-state index contributed by atoms with van der Waals surface area (Å²) in [4.78, 5) is 13.4. The van der Waals surface area contributed by atoms with Gasteiger partial charge in [0.05, 0.1) is 23.3 Å². The van der Waals surface area contributed by atoms with E-state index in [9.17, 15) is 13.2 Å². The third-order valence-corrected chi connectivity index (χ3v) is 7.86. The maximum absolute atomic E-state index is 12.2. The molecule has 1 N–H and O–H groups in total. The van der Waals surface area contributed by atoms with E-state index < -0.39 is 9.84 Å². The molecule has 0 aromatic carbocycles. The zero-order valence-corrected chi connectivity index (χ0v) is 15.6. The van der Waals surface area contributed by atoms with Gasteiger partial charge in [0.2, 0.25) is 5.91 Å². The summed E-state index contributed by atoms with van der Waals surface area (Å²) in [5, 5.41) is 5.18. The standard InChI is InChI=1S/C15H23NO3S3/c1-15(2,3)14(12-5-4-7-20-12)16-13(17)9-21-11-6-8-22(18,19)10-11/h4-5,7,11,14H,6,8-10H2,1-3H3,(H,16,17)/t11-,14+/m1/s1. The van der Waals surface area contributed by atoms with E-state index >= 15 is 0 Å². The Labute approximate surface area is 141 Å². The molecule has 2 rings (SSSR count). The van der Waals surface area contributed by atoms with Crippen LogP contribution in [0.2, 0.25) is 0 Å². The fourth-order valence-electron chi connectivity index (χ4n) is 2.46. The molecular weight excluding hydrogens is 338 g/mol. The highest BCUT2D eigenvalue weighted by molar-refractivity contribution is 8.02. The number of thiophene rings is 1. The molecular formula is C15H23NO3S3. The minimum Gasteiger partial charge on any atom is -0.347 e. The van der Waals surface area contributed by atoms with Gasteiger partial charge in [-0.2, -0.15) is 0 Å². The van der Waals surface area contributed by atoms with Crippen LogP contribution < -0.4 is 5.32 Å². The van der Waals surface area contributed by atoms with Crippen molar-refractivity contribution in [2.45, 2.75) is 38.5 Å². The SMILES string of the molecule is CC(C)(C)[C@@H](NC(=O)CS[C@@H]1CCS(=O)(=O)C1)c1cccs1. The molecule has 0 radical (unpaired) electrons. The van der Waals surface area contributed by atoms with E-state index in [1.807, 2.05) is 17.5 Å². The molecule has 1 aromatic heterocycles. The van der Waals surface area contributed by atoms with E-state index in [1.165, 1.54) is 11.8 Å². The summed E-state index contributed by atoms with van der Waals surface area (Å²) in [6.07, 6.45) is 0.661. The smallest absolute Gasteiger partial charge is 0.230 e. The summed E-state index contributed by atoms with van der Waals surface area (Å²) in [5.74, 6) is 0.755. The monoisotopic (exact) mass is 361 g/mol. The molecule has 1 aromatic rings. The molecule has 1 fully saturated rings. The quantitative estimate of drug-likeness (QED) is 0.876. The third kappa shape index (κ3) is 4.99. The molecule has 7 heteroatoms. The predicted octanol–water partition coefficient (Wildman–Crippen LogP) is 2.87. The minimum absolute atomic E-state index is 0.0205. The van der Waals surface area contributed by atoms with Gasteiger partial charge in [-0.05, 0) is 23.3 Å². The lowest BCUT2D eigenvalue weighted by molar-refractivity contribution is -0.120. The van der Waals surface area contributed by atoms with Crippen LogP contribution in [0.5, 0.6) is 0 Å². The average molecular weight is 362 g/mol. The maximum Gasteiger partial charge on any atom is 0.230 e. The molecule has 0 unspecified atom stereocenters. The van der Waals surface area contributed by atoms with Crippen molar-refractivity contribution in [2.24, 2.45) is 5.41 Å². The average Bonchev–Trinajstić information content (AvgIpc) is 3.01. The molecule has 4 nitrogen and oxygen atoms in total. The minimum atomic E-state index is -2.88. The van der Waals surface area contributed by atoms with Crippen molar-refractivity contribution in [1.82, 2.24) is 5.32 Å². The zero-order valence-electron chi connectivity index (χ0n) is 13.2. The molecule has 2 atom stereocenters. The van der Waals surface area contributed by atoms with Crippen LogP contribution in [0.3, 0.4) is 0 Å². The number of carbonyl (C=O) groups excluding carboxylic acids is 1. The fourth-order valence-corrected chi connectivity index (χ4v) is 6.93. The number of hydrogen-bond donors (Lipinski definition) is 1. The van der Waals surface area contributed by atoms with Gasteiger partial charge in [0, 0.05) is 10.1 Å². The van der Waals surface area contributed by atoms with Crippen molar-refractivity contribution in [2.75, 3.05) is 17.3 Å². The van der Waals surface area contributed by atoms with Crippen molar-refractivity contribution in [1.29, 1.82) is 0 Å². The predicted molar refractivity (Wildman–Crippen MR) is 94.2 cm³/mol. The first-order chi connectivity index (χ1) is 10.2. The Morgan fingerprint density at radius 2 is 2.23 bits per heavy atom. The van der Waals surface area contributed by atoms with Crippen LogP contribution in [0.25, 0.3) is 0 Å². The Hall–Kier alpha value is -0.530. The number of rotatable bonds is 5. The topological polar surface area (TPSA) is 63.2 Å². The first-order valence-corrected chi connectivity index (χ1v) is 11.1. The lowest BCUT2D eigenvalue weighted by Gasteiger charge is -2.30. The molecule has 22 heavy (non-hydrogen) atoms. The Morgan fingerprint density at radius 3 is 2.73 bits per heavy atom. The van der Waals surface area contributed by atoms with Crippen molar-refractivity contribution in [3.8, 4) is 0 Å². The Morgan fingerprint density at radius 1 is 1.50 bits per heavy atom. The Balaban J connectivity index is 1.89. The summed E-state index contributed by atoms with van der Waals surface area (Å²) >= 11 is 3.10. The molecule has 1 saturated heterocycles. The van der Waals surface area contributed by atoms with Gasteiger partial charge in [-0.25, -0.2) is 8.42 Å². The van der Waals surface area contributed by atoms with Gasteiger partial charge in [0.1, 0.15) is 0 Å². The second-order valence-corrected chi connectivity index (χ2v) is 11.2. The van der Waals surface area contributed by atoms with E-state index in [1.54, 1.807) is 11.3 Å². The number of sulfone groups is 1. The normalized spacial score (nSPS) is 22.4. The highest BCUT2D eigenvalue weighted by Gasteiger charge is 2.31. The van der Waals surface area contributed by atoms with Crippen LogP contribution in [-0.2, 0) is 14.6 Å². The molecule has 0 saturated carbocycles. The zero-order chi connectivity index (χ0) is 16.4. The molecule has 1 aliphatic rings. The number of carbonyl (C=O) groups is 1. The maximum atomic E-state index is 12.2. The third-order valence-electron chi connectivity index (χ3n) is 3.64. The first kappa shape index (κ1) is 17.8. The van der Waals surface area contributed by atoms with Gasteiger partial charge < -0.3 is 5.32 Å². The van der Waals surface area contributed by atoms with Crippen LogP contribution >= 0.6 is 23.1 Å². The summed E-state index contributed by atoms with van der Waals surface area (Å²) in [7, 11) is -2.88. The van der Waals surface area contributed by atoms with Crippen molar-refractivity contribution in [3.05, 3.63) is 22.4 Å². The van der Waals surface area contributed by atoms with Crippen LogP contribution in [0.1, 0.15) is 38.1 Å². The molecule has 0 bridgehead atoms. The molecule has 1 aliphatic heterocycles. The first-order valence-electron chi connectivity index (χ1n) is 7.32. The molecule has 0 aliphatic carbocycles. The summed E-state index contributed by atoms with van der Waals surface area (Å²) in [6.45, 7) is 6.32. The lowest BCUT2D eigenvalue weighted by atomic mass is 9.86. The fraction of sp³-hybridized carbons (Fsp3) is 0.667. The van der Waals surface area contributed by atoms with Crippen LogP contribution in [0.15, 0.2) is 17.5 Å². The van der Waals surface area contributed by atoms with Crippen molar-refractivity contribution >= 4 is 38.8 Å². The van der Waals surface area contributed by atoms with E-state index in [0.29, 0.717) is 12.2 Å². The highest BCUT2D eigenvalue weighted by Crippen LogP contribution is 2.35. The molecule has 2 heterocycles. The second-order valence-electron chi connectivity index (χ2n) is 6.72. The number of nitrogens with one attached hydrogen (secondary N) is 1. The van der Waals surface area contributed by atoms with Gasteiger partial charge in [0.25, 0.3) is 0 Å². The Bertz CT molecular complexity index is 602. The van der Waals surface area contributed by atoms with E-state index in [4.69, 9.17) is 0 Å². The highest BCUT2D eigenvalue weighted by atomic mass is 32.2. The second kappa shape index (κ2) is 6.93. The van der Waals surface area contributed by atoms with Gasteiger partial charge in [0.15, 0.2) is 9.84 Å². The van der Waals surface area contributed by atoms with Gasteiger partial charge in [-0.3, -0.25) is 4.79 Å². The summed E-state index contributed by atoms with van der Waals surface area (Å²) in [6, 6.07) is 4.01. The number of amides is 1. The summed E-state index contributed by atoms with van der Waals surface area (Å²) < 4.78 is 22.9. The molecule has 0 spiro atoms. The number of hydrogen-bond acceptors (Lipinski definition) is 5. The van der Waals surface area contributed by atoms with E-state index in [0.717, 1.165) is 4.88 Å². The molecule has 124 valence electrons. The Kier molecular flexibility index (Phi) is 5.61. The van der Waals surface area contributed by atoms with Gasteiger partial charge in [-0.15, -0.1) is 23.1 Å². The van der Waals surface area contributed by atoms with Gasteiger partial charge >= 0.3 is 0 Å². The van der Waals surface area contributed by atoms with Crippen LogP contribution in [-0.4, -0.2) is 36.8 Å².